The summed E-state index contributed by atoms with van der Waals surface area (Å²) in [5, 5.41) is 3.25. The number of benzene rings is 1. The Morgan fingerprint density at radius 1 is 1.48 bits per heavy atom. The van der Waals surface area contributed by atoms with Crippen LogP contribution in [0.5, 0.6) is 0 Å². The minimum absolute atomic E-state index is 0.168. The number of morpholine rings is 1. The SMILES string of the molecule is CCOC(=O)CCC(Cl)c1ccc(C2COCCN2)cc1. The van der Waals surface area contributed by atoms with Crippen LogP contribution < -0.4 is 5.32 Å². The van der Waals surface area contributed by atoms with Gasteiger partial charge in [0.2, 0.25) is 0 Å². The highest BCUT2D eigenvalue weighted by atomic mass is 35.5. The average molecular weight is 312 g/mol. The van der Waals surface area contributed by atoms with E-state index in [0.29, 0.717) is 26.1 Å². The van der Waals surface area contributed by atoms with E-state index in [9.17, 15) is 4.79 Å². The number of esters is 1. The monoisotopic (exact) mass is 311 g/mol. The second kappa shape index (κ2) is 8.37. The fourth-order valence-electron chi connectivity index (χ4n) is 2.36. The predicted molar refractivity (Wildman–Crippen MR) is 82.5 cm³/mol. The van der Waals surface area contributed by atoms with Gasteiger partial charge in [0.1, 0.15) is 0 Å². The van der Waals surface area contributed by atoms with E-state index in [1.807, 2.05) is 12.1 Å². The fraction of sp³-hybridized carbons (Fsp3) is 0.562. The molecule has 0 bridgehead atoms. The van der Waals surface area contributed by atoms with E-state index in [1.54, 1.807) is 6.92 Å². The normalized spacial score (nSPS) is 20.0. The van der Waals surface area contributed by atoms with Crippen LogP contribution in [0.4, 0.5) is 0 Å². The van der Waals surface area contributed by atoms with Gasteiger partial charge in [-0.05, 0) is 24.5 Å². The van der Waals surface area contributed by atoms with Crippen LogP contribution in [0.2, 0.25) is 0 Å². The Morgan fingerprint density at radius 3 is 2.86 bits per heavy atom. The first-order chi connectivity index (χ1) is 10.2. The maximum Gasteiger partial charge on any atom is 0.305 e. The van der Waals surface area contributed by atoms with Crippen molar-refractivity contribution in [1.29, 1.82) is 0 Å². The molecule has 0 saturated carbocycles. The minimum Gasteiger partial charge on any atom is -0.466 e. The summed E-state index contributed by atoms with van der Waals surface area (Å²) in [6.07, 6.45) is 0.937. The summed E-state index contributed by atoms with van der Waals surface area (Å²) in [5.74, 6) is -0.191. The van der Waals surface area contributed by atoms with Gasteiger partial charge in [-0.1, -0.05) is 24.3 Å². The summed E-state index contributed by atoms with van der Waals surface area (Å²) in [6.45, 7) is 4.57. The molecule has 2 unspecified atom stereocenters. The highest BCUT2D eigenvalue weighted by Crippen LogP contribution is 2.27. The van der Waals surface area contributed by atoms with Gasteiger partial charge in [-0.15, -0.1) is 11.6 Å². The predicted octanol–water partition coefficient (Wildman–Crippen LogP) is 2.97. The quantitative estimate of drug-likeness (QED) is 0.648. The topological polar surface area (TPSA) is 47.6 Å². The number of ether oxygens (including phenoxy) is 2. The summed E-state index contributed by atoms with van der Waals surface area (Å²) in [4.78, 5) is 11.3. The number of halogens is 1. The zero-order valence-electron chi connectivity index (χ0n) is 12.3. The van der Waals surface area contributed by atoms with Crippen molar-refractivity contribution in [3.63, 3.8) is 0 Å². The van der Waals surface area contributed by atoms with Crippen molar-refractivity contribution >= 4 is 17.6 Å². The molecule has 1 saturated heterocycles. The van der Waals surface area contributed by atoms with E-state index in [0.717, 1.165) is 18.7 Å². The van der Waals surface area contributed by atoms with Crippen molar-refractivity contribution < 1.29 is 14.3 Å². The Labute approximate surface area is 130 Å². The van der Waals surface area contributed by atoms with Crippen LogP contribution in [-0.4, -0.2) is 32.3 Å². The third-order valence-electron chi connectivity index (χ3n) is 3.53. The third-order valence-corrected chi connectivity index (χ3v) is 4.00. The molecule has 0 spiro atoms. The molecule has 1 heterocycles. The molecule has 1 aliphatic heterocycles. The molecule has 1 aliphatic rings. The van der Waals surface area contributed by atoms with Gasteiger partial charge < -0.3 is 14.8 Å². The molecule has 0 amide bonds. The molecular weight excluding hydrogens is 290 g/mol. The maximum atomic E-state index is 11.3. The zero-order chi connectivity index (χ0) is 15.1. The van der Waals surface area contributed by atoms with Crippen LogP contribution in [0.25, 0.3) is 0 Å². The van der Waals surface area contributed by atoms with Gasteiger partial charge in [0, 0.05) is 13.0 Å². The Morgan fingerprint density at radius 2 is 2.24 bits per heavy atom. The van der Waals surface area contributed by atoms with E-state index >= 15 is 0 Å². The summed E-state index contributed by atoms with van der Waals surface area (Å²) in [5.41, 5.74) is 2.23. The standard InChI is InChI=1S/C16H22ClNO3/c1-2-21-16(19)8-7-14(17)12-3-5-13(6-4-12)15-11-20-10-9-18-15/h3-6,14-15,18H,2,7-11H2,1H3. The van der Waals surface area contributed by atoms with E-state index in [4.69, 9.17) is 21.1 Å². The van der Waals surface area contributed by atoms with Gasteiger partial charge in [0.15, 0.2) is 0 Å². The molecule has 2 atom stereocenters. The molecule has 2 rings (SSSR count). The first kappa shape index (κ1) is 16.3. The number of hydrogen-bond donors (Lipinski definition) is 1. The van der Waals surface area contributed by atoms with E-state index in [1.165, 1.54) is 5.56 Å². The number of hydrogen-bond acceptors (Lipinski definition) is 4. The largest absolute Gasteiger partial charge is 0.466 e. The molecule has 0 aliphatic carbocycles. The van der Waals surface area contributed by atoms with Crippen LogP contribution in [0.15, 0.2) is 24.3 Å². The number of nitrogens with one attached hydrogen (secondary N) is 1. The summed E-state index contributed by atoms with van der Waals surface area (Å²) < 4.78 is 10.4. The molecular formula is C16H22ClNO3. The molecule has 21 heavy (non-hydrogen) atoms. The lowest BCUT2D eigenvalue weighted by atomic mass is 10.0. The molecule has 116 valence electrons. The average Bonchev–Trinajstić information content (AvgIpc) is 2.54. The van der Waals surface area contributed by atoms with Crippen LogP contribution in [0.3, 0.4) is 0 Å². The highest BCUT2D eigenvalue weighted by Gasteiger charge is 2.16. The lowest BCUT2D eigenvalue weighted by molar-refractivity contribution is -0.143. The van der Waals surface area contributed by atoms with Crippen molar-refractivity contribution in [3.8, 4) is 0 Å². The van der Waals surface area contributed by atoms with Crippen molar-refractivity contribution in [2.24, 2.45) is 0 Å². The van der Waals surface area contributed by atoms with Gasteiger partial charge >= 0.3 is 5.97 Å². The highest BCUT2D eigenvalue weighted by molar-refractivity contribution is 6.20. The summed E-state index contributed by atoms with van der Waals surface area (Å²) >= 11 is 6.34. The van der Waals surface area contributed by atoms with Crippen LogP contribution in [-0.2, 0) is 14.3 Å². The van der Waals surface area contributed by atoms with Gasteiger partial charge in [0.25, 0.3) is 0 Å². The van der Waals surface area contributed by atoms with Crippen LogP contribution >= 0.6 is 11.6 Å². The lowest BCUT2D eigenvalue weighted by Crippen LogP contribution is -2.34. The Bertz CT molecular complexity index is 443. The van der Waals surface area contributed by atoms with Crippen molar-refractivity contribution in [2.75, 3.05) is 26.4 Å². The smallest absolute Gasteiger partial charge is 0.305 e. The Hall–Kier alpha value is -1.10. The molecule has 4 nitrogen and oxygen atoms in total. The van der Waals surface area contributed by atoms with Crippen LogP contribution in [0, 0.1) is 0 Å². The molecule has 1 aromatic carbocycles. The number of alkyl halides is 1. The summed E-state index contributed by atoms with van der Waals surface area (Å²) in [6, 6.07) is 8.44. The molecule has 1 N–H and O–H groups in total. The number of carbonyl (C=O) groups is 1. The minimum atomic E-state index is -0.191. The first-order valence-electron chi connectivity index (χ1n) is 7.41. The molecule has 1 fully saturated rings. The van der Waals surface area contributed by atoms with Crippen LogP contribution in [0.1, 0.15) is 42.3 Å². The van der Waals surface area contributed by atoms with E-state index in [2.05, 4.69) is 17.4 Å². The summed E-state index contributed by atoms with van der Waals surface area (Å²) in [7, 11) is 0. The fourth-order valence-corrected chi connectivity index (χ4v) is 2.62. The van der Waals surface area contributed by atoms with Crippen molar-refractivity contribution in [2.45, 2.75) is 31.2 Å². The zero-order valence-corrected chi connectivity index (χ0v) is 13.1. The Balaban J connectivity index is 1.87. The van der Waals surface area contributed by atoms with E-state index < -0.39 is 0 Å². The molecule has 1 aromatic rings. The molecule has 0 radical (unpaired) electrons. The van der Waals surface area contributed by atoms with Crippen molar-refractivity contribution in [1.82, 2.24) is 5.32 Å². The van der Waals surface area contributed by atoms with Gasteiger partial charge in [0.05, 0.1) is 31.2 Å². The maximum absolute atomic E-state index is 11.3. The Kier molecular flexibility index (Phi) is 6.49. The second-order valence-corrected chi connectivity index (χ2v) is 5.59. The van der Waals surface area contributed by atoms with E-state index in [-0.39, 0.29) is 17.4 Å². The van der Waals surface area contributed by atoms with Gasteiger partial charge in [-0.2, -0.15) is 0 Å². The van der Waals surface area contributed by atoms with Crippen molar-refractivity contribution in [3.05, 3.63) is 35.4 Å². The number of carbonyl (C=O) groups excluding carboxylic acids is 1. The first-order valence-corrected chi connectivity index (χ1v) is 7.85. The van der Waals surface area contributed by atoms with Gasteiger partial charge in [-0.25, -0.2) is 0 Å². The molecule has 0 aromatic heterocycles. The van der Waals surface area contributed by atoms with Gasteiger partial charge in [-0.3, -0.25) is 4.79 Å². The lowest BCUT2D eigenvalue weighted by Gasteiger charge is -2.24. The molecule has 5 heteroatoms. The number of rotatable bonds is 6. The third kappa shape index (κ3) is 4.99. The second-order valence-electron chi connectivity index (χ2n) is 5.06.